The number of rotatable bonds is 1. The van der Waals surface area contributed by atoms with Crippen LogP contribution in [0.5, 0.6) is 0 Å². The first kappa shape index (κ1) is 9.90. The molecule has 0 unspecified atom stereocenters. The number of carbonyl (C=O) groups excluding carboxylic acids is 2. The summed E-state index contributed by atoms with van der Waals surface area (Å²) in [4.78, 5) is 22.8. The summed E-state index contributed by atoms with van der Waals surface area (Å²) in [5.74, 6) is -0.0690. The molecule has 78 valence electrons. The number of amides is 1. The average Bonchev–Trinajstić information content (AvgIpc) is 2.40. The van der Waals surface area contributed by atoms with Crippen LogP contribution in [0.2, 0.25) is 0 Å². The molecule has 1 N–H and O–H groups in total. The number of ketones is 1. The van der Waals surface area contributed by atoms with Crippen LogP contribution in [-0.4, -0.2) is 18.2 Å². The van der Waals surface area contributed by atoms with Crippen molar-refractivity contribution < 1.29 is 9.59 Å². The van der Waals surface area contributed by atoms with Crippen LogP contribution in [0.4, 0.5) is 0 Å². The first-order valence-electron chi connectivity index (χ1n) is 5.10. The number of nitrogens with one attached hydrogen (secondary N) is 1. The number of carbonyl (C=O) groups is 2. The molecular formula is C12H13NO2. The third-order valence-corrected chi connectivity index (χ3v) is 2.67. The molecule has 1 aromatic rings. The van der Waals surface area contributed by atoms with Gasteiger partial charge in [0.05, 0.1) is 0 Å². The van der Waals surface area contributed by atoms with Crippen LogP contribution >= 0.6 is 0 Å². The van der Waals surface area contributed by atoms with Gasteiger partial charge < -0.3 is 5.32 Å². The Kier molecular flexibility index (Phi) is 2.54. The monoisotopic (exact) mass is 203 g/mol. The standard InChI is InChI=1S/C12H13NO2/c1-8(14)10-5-4-9-3-2-6-13-12(15)11(9)7-10/h4-5,7H,2-3,6H2,1H3,(H,13,15). The maximum absolute atomic E-state index is 11.7. The summed E-state index contributed by atoms with van der Waals surface area (Å²) in [7, 11) is 0. The molecule has 0 spiro atoms. The second-order valence-electron chi connectivity index (χ2n) is 3.79. The molecule has 0 bridgehead atoms. The number of aryl methyl sites for hydroxylation is 1. The van der Waals surface area contributed by atoms with Crippen molar-refractivity contribution in [3.8, 4) is 0 Å². The Balaban J connectivity index is 2.48. The second-order valence-corrected chi connectivity index (χ2v) is 3.79. The van der Waals surface area contributed by atoms with Crippen LogP contribution in [0.1, 0.15) is 39.6 Å². The van der Waals surface area contributed by atoms with Gasteiger partial charge in [0.25, 0.3) is 5.91 Å². The summed E-state index contributed by atoms with van der Waals surface area (Å²) in [6.07, 6.45) is 1.85. The van der Waals surface area contributed by atoms with Gasteiger partial charge in [-0.3, -0.25) is 9.59 Å². The lowest BCUT2D eigenvalue weighted by molar-refractivity contribution is 0.0956. The molecule has 1 aliphatic heterocycles. The predicted molar refractivity (Wildman–Crippen MR) is 57.1 cm³/mol. The van der Waals surface area contributed by atoms with Crippen LogP contribution in [0.25, 0.3) is 0 Å². The van der Waals surface area contributed by atoms with Crippen LogP contribution in [0.3, 0.4) is 0 Å². The van der Waals surface area contributed by atoms with Gasteiger partial charge in [-0.1, -0.05) is 12.1 Å². The van der Waals surface area contributed by atoms with Crippen molar-refractivity contribution in [2.75, 3.05) is 6.54 Å². The van der Waals surface area contributed by atoms with Crippen molar-refractivity contribution in [2.24, 2.45) is 0 Å². The van der Waals surface area contributed by atoms with E-state index in [0.717, 1.165) is 18.4 Å². The fraction of sp³-hybridized carbons (Fsp3) is 0.333. The number of Topliss-reactive ketones (excluding diaryl/α,β-unsaturated/α-hetero) is 1. The summed E-state index contributed by atoms with van der Waals surface area (Å²) < 4.78 is 0. The highest BCUT2D eigenvalue weighted by Crippen LogP contribution is 2.16. The van der Waals surface area contributed by atoms with E-state index in [1.165, 1.54) is 6.92 Å². The first-order valence-corrected chi connectivity index (χ1v) is 5.10. The number of hydrogen-bond donors (Lipinski definition) is 1. The highest BCUT2D eigenvalue weighted by molar-refractivity contribution is 6.00. The molecule has 0 aliphatic carbocycles. The van der Waals surface area contributed by atoms with E-state index in [0.29, 0.717) is 17.7 Å². The molecule has 1 aliphatic rings. The number of fused-ring (bicyclic) bond motifs is 1. The molecule has 0 fully saturated rings. The van der Waals surface area contributed by atoms with E-state index in [1.54, 1.807) is 12.1 Å². The van der Waals surface area contributed by atoms with Crippen LogP contribution < -0.4 is 5.32 Å². The van der Waals surface area contributed by atoms with Gasteiger partial charge in [0.2, 0.25) is 0 Å². The van der Waals surface area contributed by atoms with Gasteiger partial charge in [-0.15, -0.1) is 0 Å². The number of benzene rings is 1. The van der Waals surface area contributed by atoms with Crippen LogP contribution in [0, 0.1) is 0 Å². The summed E-state index contributed by atoms with van der Waals surface area (Å²) in [6.45, 7) is 2.22. The van der Waals surface area contributed by atoms with Crippen molar-refractivity contribution in [1.82, 2.24) is 5.32 Å². The molecule has 1 heterocycles. The molecule has 0 atom stereocenters. The minimum Gasteiger partial charge on any atom is -0.352 e. The highest BCUT2D eigenvalue weighted by Gasteiger charge is 2.15. The zero-order valence-electron chi connectivity index (χ0n) is 8.67. The zero-order chi connectivity index (χ0) is 10.8. The van der Waals surface area contributed by atoms with Crippen molar-refractivity contribution in [3.63, 3.8) is 0 Å². The lowest BCUT2D eigenvalue weighted by Gasteiger charge is -2.05. The van der Waals surface area contributed by atoms with Crippen molar-refractivity contribution in [1.29, 1.82) is 0 Å². The minimum absolute atomic E-state index is 0.00477. The lowest BCUT2D eigenvalue weighted by Crippen LogP contribution is -2.22. The molecule has 15 heavy (non-hydrogen) atoms. The average molecular weight is 203 g/mol. The van der Waals surface area contributed by atoms with E-state index in [1.807, 2.05) is 6.07 Å². The molecule has 1 amide bonds. The van der Waals surface area contributed by atoms with E-state index in [2.05, 4.69) is 5.32 Å². The Morgan fingerprint density at radius 2 is 2.20 bits per heavy atom. The smallest absolute Gasteiger partial charge is 0.251 e. The largest absolute Gasteiger partial charge is 0.352 e. The summed E-state index contributed by atoms with van der Waals surface area (Å²) in [5, 5.41) is 2.82. The fourth-order valence-electron chi connectivity index (χ4n) is 1.80. The normalized spacial score (nSPS) is 15.1. The minimum atomic E-state index is -0.0643. The molecule has 3 nitrogen and oxygen atoms in total. The van der Waals surface area contributed by atoms with E-state index in [-0.39, 0.29) is 11.7 Å². The molecule has 0 saturated heterocycles. The summed E-state index contributed by atoms with van der Waals surface area (Å²) in [6, 6.07) is 5.37. The van der Waals surface area contributed by atoms with Gasteiger partial charge in [0.1, 0.15) is 0 Å². The Bertz CT molecular complexity index is 424. The summed E-state index contributed by atoms with van der Waals surface area (Å²) in [5.41, 5.74) is 2.29. The maximum atomic E-state index is 11.7. The van der Waals surface area contributed by atoms with Gasteiger partial charge in [-0.05, 0) is 31.4 Å². The van der Waals surface area contributed by atoms with E-state index in [9.17, 15) is 9.59 Å². The molecule has 3 heteroatoms. The third-order valence-electron chi connectivity index (χ3n) is 2.67. The van der Waals surface area contributed by atoms with Gasteiger partial charge in [0, 0.05) is 17.7 Å². The topological polar surface area (TPSA) is 46.2 Å². The quantitative estimate of drug-likeness (QED) is 0.704. The highest BCUT2D eigenvalue weighted by atomic mass is 16.1. The number of hydrogen-bond acceptors (Lipinski definition) is 2. The first-order chi connectivity index (χ1) is 7.18. The van der Waals surface area contributed by atoms with Gasteiger partial charge >= 0.3 is 0 Å². The SMILES string of the molecule is CC(=O)c1ccc2c(c1)C(=O)NCCC2. The van der Waals surface area contributed by atoms with Crippen LogP contribution in [0.15, 0.2) is 18.2 Å². The van der Waals surface area contributed by atoms with Gasteiger partial charge in [0.15, 0.2) is 5.78 Å². The predicted octanol–water partition coefficient (Wildman–Crippen LogP) is 1.57. The fourth-order valence-corrected chi connectivity index (χ4v) is 1.80. The Hall–Kier alpha value is -1.64. The summed E-state index contributed by atoms with van der Waals surface area (Å²) >= 11 is 0. The Morgan fingerprint density at radius 1 is 1.40 bits per heavy atom. The molecular weight excluding hydrogens is 190 g/mol. The van der Waals surface area contributed by atoms with Gasteiger partial charge in [-0.2, -0.15) is 0 Å². The van der Waals surface area contributed by atoms with E-state index >= 15 is 0 Å². The van der Waals surface area contributed by atoms with Crippen molar-refractivity contribution in [3.05, 3.63) is 34.9 Å². The Morgan fingerprint density at radius 3 is 2.93 bits per heavy atom. The lowest BCUT2D eigenvalue weighted by atomic mass is 9.99. The molecule has 0 saturated carbocycles. The molecule has 1 aromatic carbocycles. The Labute approximate surface area is 88.5 Å². The third kappa shape index (κ3) is 1.91. The molecule has 0 radical (unpaired) electrons. The second kappa shape index (κ2) is 3.85. The van der Waals surface area contributed by atoms with Crippen LogP contribution in [-0.2, 0) is 6.42 Å². The van der Waals surface area contributed by atoms with Gasteiger partial charge in [-0.25, -0.2) is 0 Å². The van der Waals surface area contributed by atoms with Crippen molar-refractivity contribution in [2.45, 2.75) is 19.8 Å². The maximum Gasteiger partial charge on any atom is 0.251 e. The molecule has 0 aromatic heterocycles. The molecule has 2 rings (SSSR count). The zero-order valence-corrected chi connectivity index (χ0v) is 8.67. The van der Waals surface area contributed by atoms with E-state index < -0.39 is 0 Å². The van der Waals surface area contributed by atoms with Crippen molar-refractivity contribution >= 4 is 11.7 Å². The van der Waals surface area contributed by atoms with E-state index in [4.69, 9.17) is 0 Å².